The molecule has 132 valence electrons. The molecule has 1 aliphatic heterocycles. The zero-order chi connectivity index (χ0) is 16.5. The van der Waals surface area contributed by atoms with Crippen molar-refractivity contribution in [3.05, 3.63) is 22.7 Å². The molecule has 0 aliphatic carbocycles. The minimum absolute atomic E-state index is 0. The van der Waals surface area contributed by atoms with Gasteiger partial charge in [0.2, 0.25) is 10.0 Å². The lowest BCUT2D eigenvalue weighted by Gasteiger charge is -2.41. The molecular weight excluding hydrogens is 404 g/mol. The van der Waals surface area contributed by atoms with Crippen LogP contribution in [0.15, 0.2) is 27.6 Å². The maximum atomic E-state index is 12.8. The average molecular weight is 428 g/mol. The monoisotopic (exact) mass is 426 g/mol. The van der Waals surface area contributed by atoms with Crippen LogP contribution in [-0.2, 0) is 10.0 Å². The Morgan fingerprint density at radius 1 is 1.43 bits per heavy atom. The lowest BCUT2D eigenvalue weighted by molar-refractivity contribution is 0.155. The molecule has 0 bridgehead atoms. The molecule has 1 atom stereocenters. The summed E-state index contributed by atoms with van der Waals surface area (Å²) < 4.78 is 33.2. The highest BCUT2D eigenvalue weighted by Gasteiger charge is 2.38. The number of hydrogen-bond donors (Lipinski definition) is 1. The summed E-state index contributed by atoms with van der Waals surface area (Å²) in [6, 6.07) is 4.89. The van der Waals surface area contributed by atoms with Crippen LogP contribution in [-0.4, -0.2) is 38.5 Å². The average Bonchev–Trinajstić information content (AvgIpc) is 2.44. The van der Waals surface area contributed by atoms with Crippen molar-refractivity contribution in [3.8, 4) is 5.75 Å². The lowest BCUT2D eigenvalue weighted by atomic mass is 9.81. The maximum Gasteiger partial charge on any atom is 0.243 e. The molecule has 0 aromatic heterocycles. The Labute approximate surface area is 153 Å². The van der Waals surface area contributed by atoms with Gasteiger partial charge < -0.3 is 10.5 Å². The molecule has 1 heterocycles. The van der Waals surface area contributed by atoms with Gasteiger partial charge in [-0.15, -0.1) is 12.4 Å². The number of piperidine rings is 1. The van der Waals surface area contributed by atoms with Gasteiger partial charge in [0.05, 0.1) is 16.0 Å². The Bertz CT molecular complexity index is 652. The first-order valence-corrected chi connectivity index (χ1v) is 9.60. The Morgan fingerprint density at radius 3 is 2.61 bits per heavy atom. The Hall–Kier alpha value is -0.340. The Balaban J connectivity index is 0.00000264. The predicted molar refractivity (Wildman–Crippen MR) is 97.7 cm³/mol. The molecule has 1 aromatic rings. The zero-order valence-electron chi connectivity index (χ0n) is 13.6. The van der Waals surface area contributed by atoms with E-state index in [-0.39, 0.29) is 28.8 Å². The molecule has 1 aliphatic rings. The fourth-order valence-corrected chi connectivity index (χ4v) is 4.89. The van der Waals surface area contributed by atoms with E-state index in [9.17, 15) is 8.42 Å². The first kappa shape index (κ1) is 20.7. The molecule has 1 fully saturated rings. The lowest BCUT2D eigenvalue weighted by Crippen LogP contribution is -2.53. The highest BCUT2D eigenvalue weighted by atomic mass is 79.9. The number of sulfonamides is 1. The Morgan fingerprint density at radius 2 is 2.09 bits per heavy atom. The third kappa shape index (κ3) is 4.39. The summed E-state index contributed by atoms with van der Waals surface area (Å²) >= 11 is 3.37. The van der Waals surface area contributed by atoms with E-state index in [1.165, 1.54) is 4.31 Å². The molecule has 1 aromatic carbocycles. The van der Waals surface area contributed by atoms with Crippen LogP contribution >= 0.6 is 28.3 Å². The number of benzene rings is 1. The van der Waals surface area contributed by atoms with Crippen molar-refractivity contribution in [1.82, 2.24) is 4.31 Å². The van der Waals surface area contributed by atoms with Crippen molar-refractivity contribution in [2.45, 2.75) is 38.1 Å². The van der Waals surface area contributed by atoms with E-state index in [0.29, 0.717) is 36.3 Å². The number of nitrogens with zero attached hydrogens (tertiary/aromatic N) is 1. The van der Waals surface area contributed by atoms with Gasteiger partial charge in [-0.1, -0.05) is 13.8 Å². The van der Waals surface area contributed by atoms with Gasteiger partial charge in [0.1, 0.15) is 5.75 Å². The van der Waals surface area contributed by atoms with Crippen LogP contribution in [0.2, 0.25) is 0 Å². The normalized spacial score (nSPS) is 21.5. The zero-order valence-corrected chi connectivity index (χ0v) is 16.8. The van der Waals surface area contributed by atoms with Crippen molar-refractivity contribution in [3.63, 3.8) is 0 Å². The molecule has 0 radical (unpaired) electrons. The molecule has 2 rings (SSSR count). The summed E-state index contributed by atoms with van der Waals surface area (Å²) in [7, 11) is -3.52. The second-order valence-electron chi connectivity index (χ2n) is 6.25. The van der Waals surface area contributed by atoms with Crippen LogP contribution < -0.4 is 10.5 Å². The van der Waals surface area contributed by atoms with Crippen LogP contribution in [0.5, 0.6) is 5.75 Å². The summed E-state index contributed by atoms with van der Waals surface area (Å²) in [5.74, 6) is 0.641. The molecule has 8 heteroatoms. The van der Waals surface area contributed by atoms with Crippen LogP contribution in [0.4, 0.5) is 0 Å². The van der Waals surface area contributed by atoms with E-state index in [1.54, 1.807) is 18.2 Å². The predicted octanol–water partition coefficient (Wildman–Crippen LogP) is 3.02. The van der Waals surface area contributed by atoms with Crippen LogP contribution in [0.1, 0.15) is 27.2 Å². The minimum Gasteiger partial charge on any atom is -0.493 e. The van der Waals surface area contributed by atoms with E-state index < -0.39 is 10.0 Å². The van der Waals surface area contributed by atoms with Crippen molar-refractivity contribution >= 4 is 38.4 Å². The summed E-state index contributed by atoms with van der Waals surface area (Å²) in [5.41, 5.74) is 5.86. The largest absolute Gasteiger partial charge is 0.493 e. The van der Waals surface area contributed by atoms with E-state index in [2.05, 4.69) is 15.9 Å². The van der Waals surface area contributed by atoms with Gasteiger partial charge in [-0.3, -0.25) is 0 Å². The maximum absolute atomic E-state index is 12.8. The standard InChI is InChI=1S/C15H23BrN2O3S.ClH/c1-4-21-13-6-5-11(9-12(13)16)22(19,20)18-8-7-14(17)15(2,3)10-18;/h5-6,9,14H,4,7-8,10,17H2,1-3H3;1H. The first-order chi connectivity index (χ1) is 10.2. The molecule has 1 saturated heterocycles. The molecule has 0 spiro atoms. The molecule has 0 saturated carbocycles. The second-order valence-corrected chi connectivity index (χ2v) is 9.04. The molecule has 23 heavy (non-hydrogen) atoms. The quantitative estimate of drug-likeness (QED) is 0.801. The number of halogens is 2. The van der Waals surface area contributed by atoms with Crippen molar-refractivity contribution in [1.29, 1.82) is 0 Å². The summed E-state index contributed by atoms with van der Waals surface area (Å²) in [6.45, 7) is 7.32. The highest BCUT2D eigenvalue weighted by Crippen LogP contribution is 2.33. The van der Waals surface area contributed by atoms with Crippen molar-refractivity contribution in [2.75, 3.05) is 19.7 Å². The molecule has 5 nitrogen and oxygen atoms in total. The topological polar surface area (TPSA) is 72.6 Å². The van der Waals surface area contributed by atoms with Gasteiger partial charge in [-0.2, -0.15) is 4.31 Å². The summed E-state index contributed by atoms with van der Waals surface area (Å²) in [4.78, 5) is 0.272. The SMILES string of the molecule is CCOc1ccc(S(=O)(=O)N2CCC(N)C(C)(C)C2)cc1Br.Cl. The fraction of sp³-hybridized carbons (Fsp3) is 0.600. The van der Waals surface area contributed by atoms with Gasteiger partial charge in [0, 0.05) is 19.1 Å². The summed E-state index contributed by atoms with van der Waals surface area (Å²) in [5, 5.41) is 0. The minimum atomic E-state index is -3.52. The highest BCUT2D eigenvalue weighted by molar-refractivity contribution is 9.10. The van der Waals surface area contributed by atoms with E-state index >= 15 is 0 Å². The van der Waals surface area contributed by atoms with Gasteiger partial charge in [0.25, 0.3) is 0 Å². The second kappa shape index (κ2) is 7.70. The van der Waals surface area contributed by atoms with Gasteiger partial charge in [0.15, 0.2) is 0 Å². The van der Waals surface area contributed by atoms with Gasteiger partial charge in [-0.25, -0.2) is 8.42 Å². The van der Waals surface area contributed by atoms with E-state index in [4.69, 9.17) is 10.5 Å². The summed E-state index contributed by atoms with van der Waals surface area (Å²) in [6.07, 6.45) is 0.671. The molecular formula is C15H24BrClN2O3S. The molecule has 0 amide bonds. The van der Waals surface area contributed by atoms with Crippen LogP contribution in [0.25, 0.3) is 0 Å². The van der Waals surface area contributed by atoms with E-state index in [1.807, 2.05) is 20.8 Å². The number of hydrogen-bond acceptors (Lipinski definition) is 4. The van der Waals surface area contributed by atoms with Crippen molar-refractivity contribution < 1.29 is 13.2 Å². The van der Waals surface area contributed by atoms with Gasteiger partial charge in [-0.05, 0) is 52.9 Å². The fourth-order valence-electron chi connectivity index (χ4n) is 2.59. The van der Waals surface area contributed by atoms with Crippen LogP contribution in [0, 0.1) is 5.41 Å². The number of nitrogens with two attached hydrogens (primary N) is 1. The number of ether oxygens (including phenoxy) is 1. The van der Waals surface area contributed by atoms with E-state index in [0.717, 1.165) is 0 Å². The number of rotatable bonds is 4. The Kier molecular flexibility index (Phi) is 6.93. The first-order valence-electron chi connectivity index (χ1n) is 7.36. The molecule has 1 unspecified atom stereocenters. The van der Waals surface area contributed by atoms with Crippen molar-refractivity contribution in [2.24, 2.45) is 11.1 Å². The third-order valence-electron chi connectivity index (χ3n) is 4.12. The smallest absolute Gasteiger partial charge is 0.243 e. The third-order valence-corrected chi connectivity index (χ3v) is 6.58. The van der Waals surface area contributed by atoms with Crippen LogP contribution in [0.3, 0.4) is 0 Å². The van der Waals surface area contributed by atoms with Gasteiger partial charge >= 0.3 is 0 Å². The molecule has 2 N–H and O–H groups in total.